The van der Waals surface area contributed by atoms with Gasteiger partial charge in [0, 0.05) is 10.2 Å². The normalized spacial score (nSPS) is 62.3. The Morgan fingerprint density at radius 3 is 3.00 bits per heavy atom. The van der Waals surface area contributed by atoms with Crippen LogP contribution in [0.3, 0.4) is 0 Å². The van der Waals surface area contributed by atoms with Crippen molar-refractivity contribution in [2.75, 3.05) is 0 Å². The number of alkyl halides is 1. The molecule has 2 fully saturated rings. The highest BCUT2D eigenvalue weighted by molar-refractivity contribution is 9.09. The van der Waals surface area contributed by atoms with E-state index in [2.05, 4.69) is 28.1 Å². The van der Waals surface area contributed by atoms with E-state index in [1.54, 1.807) is 0 Å². The smallest absolute Gasteiger partial charge is 0.0310 e. The van der Waals surface area contributed by atoms with Crippen LogP contribution in [-0.2, 0) is 0 Å². The van der Waals surface area contributed by atoms with Gasteiger partial charge in [0.1, 0.15) is 0 Å². The van der Waals surface area contributed by atoms with Gasteiger partial charge in [-0.1, -0.05) is 34.5 Å². The number of rotatable bonds is 0. The largest absolute Gasteiger partial charge is 0.0874 e. The number of halogens is 1. The molecule has 0 heterocycles. The summed E-state index contributed by atoms with van der Waals surface area (Å²) in [5.41, 5.74) is 1.36. The molecule has 0 unspecified atom stereocenters. The molecule has 10 heavy (non-hydrogen) atoms. The fourth-order valence-electron chi connectivity index (χ4n) is 3.28. The molecule has 0 saturated heterocycles. The molecular formula is C9H11Br. The molecule has 3 aliphatic carbocycles. The molecule has 2 saturated carbocycles. The highest BCUT2D eigenvalue weighted by Gasteiger charge is 2.76. The average Bonchev–Trinajstić information content (AvgIpc) is 2.31. The molecule has 0 amide bonds. The summed E-state index contributed by atoms with van der Waals surface area (Å²) in [6, 6.07) is 0. The SMILES string of the molecule is Br[C@H]1[C@]23CC=C[C@]12CCC3. The van der Waals surface area contributed by atoms with E-state index in [4.69, 9.17) is 0 Å². The Hall–Kier alpha value is 0.220. The van der Waals surface area contributed by atoms with Gasteiger partial charge < -0.3 is 0 Å². The fourth-order valence-corrected chi connectivity index (χ4v) is 4.82. The van der Waals surface area contributed by atoms with Gasteiger partial charge in [-0.25, -0.2) is 0 Å². The third-order valence-corrected chi connectivity index (χ3v) is 5.59. The maximum Gasteiger partial charge on any atom is 0.0310 e. The van der Waals surface area contributed by atoms with Gasteiger partial charge >= 0.3 is 0 Å². The minimum atomic E-state index is 0.646. The standard InChI is InChI=1S/C9H11Br/c10-7-8-3-1-4-9(7,8)6-2-5-8/h1,3,7H,2,4-6H2/t7-,8+,9-/m1/s1. The fraction of sp³-hybridized carbons (Fsp3) is 0.778. The quantitative estimate of drug-likeness (QED) is 0.415. The molecule has 0 radical (unpaired) electrons. The van der Waals surface area contributed by atoms with Crippen molar-refractivity contribution < 1.29 is 0 Å². The van der Waals surface area contributed by atoms with Crippen LogP contribution < -0.4 is 0 Å². The Morgan fingerprint density at radius 1 is 1.40 bits per heavy atom. The zero-order chi connectivity index (χ0) is 6.82. The van der Waals surface area contributed by atoms with Crippen molar-refractivity contribution in [3.8, 4) is 0 Å². The molecule has 0 N–H and O–H groups in total. The number of allylic oxidation sites excluding steroid dienone is 2. The molecule has 0 aromatic heterocycles. The van der Waals surface area contributed by atoms with Crippen molar-refractivity contribution in [3.05, 3.63) is 12.2 Å². The minimum Gasteiger partial charge on any atom is -0.0874 e. The van der Waals surface area contributed by atoms with Gasteiger partial charge in [0.15, 0.2) is 0 Å². The maximum absolute atomic E-state index is 3.80. The van der Waals surface area contributed by atoms with Crippen molar-refractivity contribution in [3.63, 3.8) is 0 Å². The Kier molecular flexibility index (Phi) is 0.805. The van der Waals surface area contributed by atoms with Crippen LogP contribution in [0.2, 0.25) is 0 Å². The predicted molar refractivity (Wildman–Crippen MR) is 45.2 cm³/mol. The Bertz CT molecular complexity index is 221. The molecule has 0 aliphatic heterocycles. The summed E-state index contributed by atoms with van der Waals surface area (Å²) in [5, 5.41) is 0. The summed E-state index contributed by atoms with van der Waals surface area (Å²) in [4.78, 5) is 0.839. The molecule has 1 heteroatoms. The van der Waals surface area contributed by atoms with E-state index >= 15 is 0 Å². The van der Waals surface area contributed by atoms with Gasteiger partial charge in [-0.2, -0.15) is 0 Å². The molecule has 0 aromatic rings. The lowest BCUT2D eigenvalue weighted by Crippen LogP contribution is -1.98. The molecule has 0 nitrogen and oxygen atoms in total. The summed E-state index contributed by atoms with van der Waals surface area (Å²) in [5.74, 6) is 0. The van der Waals surface area contributed by atoms with Gasteiger partial charge in [0.05, 0.1) is 0 Å². The van der Waals surface area contributed by atoms with Crippen LogP contribution in [0.15, 0.2) is 12.2 Å². The van der Waals surface area contributed by atoms with Crippen molar-refractivity contribution in [2.24, 2.45) is 10.8 Å². The highest BCUT2D eigenvalue weighted by Crippen LogP contribution is 2.81. The van der Waals surface area contributed by atoms with Crippen LogP contribution in [0.25, 0.3) is 0 Å². The van der Waals surface area contributed by atoms with Gasteiger partial charge in [-0.3, -0.25) is 0 Å². The number of hydrogen-bond donors (Lipinski definition) is 0. The lowest BCUT2D eigenvalue weighted by Gasteiger charge is -2.06. The first-order valence-electron chi connectivity index (χ1n) is 4.14. The second kappa shape index (κ2) is 1.38. The van der Waals surface area contributed by atoms with E-state index in [-0.39, 0.29) is 0 Å². The molecule has 0 bridgehead atoms. The first kappa shape index (κ1) is 5.82. The first-order valence-corrected chi connectivity index (χ1v) is 5.05. The Balaban J connectivity index is 2.12. The third kappa shape index (κ3) is 0.345. The Morgan fingerprint density at radius 2 is 2.30 bits per heavy atom. The second-order valence-electron chi connectivity index (χ2n) is 4.02. The Labute approximate surface area is 69.8 Å². The van der Waals surface area contributed by atoms with Crippen LogP contribution in [-0.4, -0.2) is 4.83 Å². The second-order valence-corrected chi connectivity index (χ2v) is 4.93. The van der Waals surface area contributed by atoms with E-state index in [0.717, 1.165) is 4.83 Å². The van der Waals surface area contributed by atoms with Crippen molar-refractivity contribution in [1.82, 2.24) is 0 Å². The topological polar surface area (TPSA) is 0 Å². The molecule has 0 spiro atoms. The summed E-state index contributed by atoms with van der Waals surface area (Å²) >= 11 is 3.80. The molecule has 3 aliphatic rings. The van der Waals surface area contributed by atoms with E-state index in [1.807, 2.05) is 0 Å². The summed E-state index contributed by atoms with van der Waals surface area (Å²) < 4.78 is 0. The van der Waals surface area contributed by atoms with E-state index in [1.165, 1.54) is 25.7 Å². The molecule has 3 atom stereocenters. The van der Waals surface area contributed by atoms with Crippen LogP contribution in [0.1, 0.15) is 25.7 Å². The molecular weight excluding hydrogens is 188 g/mol. The van der Waals surface area contributed by atoms with Gasteiger partial charge in [0.25, 0.3) is 0 Å². The van der Waals surface area contributed by atoms with Gasteiger partial charge in [-0.15, -0.1) is 0 Å². The van der Waals surface area contributed by atoms with Crippen LogP contribution in [0, 0.1) is 10.8 Å². The maximum atomic E-state index is 3.80. The van der Waals surface area contributed by atoms with Crippen molar-refractivity contribution >= 4 is 15.9 Å². The zero-order valence-electron chi connectivity index (χ0n) is 5.94. The zero-order valence-corrected chi connectivity index (χ0v) is 7.52. The van der Waals surface area contributed by atoms with Crippen molar-refractivity contribution in [1.29, 1.82) is 0 Å². The lowest BCUT2D eigenvalue weighted by molar-refractivity contribution is 0.483. The third-order valence-electron chi connectivity index (χ3n) is 3.89. The predicted octanol–water partition coefficient (Wildman–Crippen LogP) is 2.88. The average molecular weight is 199 g/mol. The summed E-state index contributed by atoms with van der Waals surface area (Å²) in [7, 11) is 0. The van der Waals surface area contributed by atoms with Crippen LogP contribution in [0.4, 0.5) is 0 Å². The van der Waals surface area contributed by atoms with Gasteiger partial charge in [-0.05, 0) is 24.7 Å². The van der Waals surface area contributed by atoms with E-state index in [0.29, 0.717) is 10.8 Å². The van der Waals surface area contributed by atoms with E-state index in [9.17, 15) is 0 Å². The minimum absolute atomic E-state index is 0.646. The molecule has 0 aromatic carbocycles. The van der Waals surface area contributed by atoms with Crippen LogP contribution in [0.5, 0.6) is 0 Å². The lowest BCUT2D eigenvalue weighted by atomic mass is 10.00. The summed E-state index contributed by atoms with van der Waals surface area (Å²) in [6.07, 6.45) is 10.6. The highest BCUT2D eigenvalue weighted by atomic mass is 79.9. The van der Waals surface area contributed by atoms with Gasteiger partial charge in [0.2, 0.25) is 0 Å². The first-order chi connectivity index (χ1) is 4.82. The van der Waals surface area contributed by atoms with E-state index < -0.39 is 0 Å². The molecule has 3 rings (SSSR count). The number of hydrogen-bond acceptors (Lipinski definition) is 0. The molecule has 54 valence electrons. The van der Waals surface area contributed by atoms with Crippen molar-refractivity contribution in [2.45, 2.75) is 30.5 Å². The summed E-state index contributed by atoms with van der Waals surface area (Å²) in [6.45, 7) is 0. The monoisotopic (exact) mass is 198 g/mol. The van der Waals surface area contributed by atoms with Crippen LogP contribution >= 0.6 is 15.9 Å².